The van der Waals surface area contributed by atoms with Crippen molar-refractivity contribution < 1.29 is 4.39 Å². The minimum absolute atomic E-state index is 0.340. The predicted octanol–water partition coefficient (Wildman–Crippen LogP) is 3.31. The second-order valence-electron chi connectivity index (χ2n) is 3.22. The van der Waals surface area contributed by atoms with E-state index in [2.05, 4.69) is 26.2 Å². The maximum absolute atomic E-state index is 13.4. The van der Waals surface area contributed by atoms with E-state index in [4.69, 9.17) is 5.73 Å². The first-order valence-corrected chi connectivity index (χ1v) is 5.38. The quantitative estimate of drug-likeness (QED) is 0.888. The highest BCUT2D eigenvalue weighted by Crippen LogP contribution is 2.23. The lowest BCUT2D eigenvalue weighted by molar-refractivity contribution is 0.631. The van der Waals surface area contributed by atoms with E-state index < -0.39 is 0 Å². The minimum atomic E-state index is -0.340. The summed E-state index contributed by atoms with van der Waals surface area (Å²) in [7, 11) is 0. The van der Waals surface area contributed by atoms with Gasteiger partial charge in [0.2, 0.25) is 0 Å². The molecule has 0 bridgehead atoms. The summed E-state index contributed by atoms with van der Waals surface area (Å²) in [6, 6.07) is 7.95. The molecule has 0 saturated carbocycles. The number of nitrogens with zero attached hydrogens (tertiary/aromatic N) is 1. The molecule has 0 amide bonds. The van der Waals surface area contributed by atoms with Gasteiger partial charge in [0.25, 0.3) is 0 Å². The van der Waals surface area contributed by atoms with E-state index >= 15 is 0 Å². The second kappa shape index (κ2) is 4.49. The van der Waals surface area contributed by atoms with E-state index in [1.165, 1.54) is 6.07 Å². The Morgan fingerprint density at radius 2 is 2.06 bits per heavy atom. The molecule has 3 nitrogen and oxygen atoms in total. The molecule has 0 unspecified atom stereocenters. The molecule has 2 rings (SSSR count). The predicted molar refractivity (Wildman–Crippen MR) is 66.0 cm³/mol. The van der Waals surface area contributed by atoms with Gasteiger partial charge in [0, 0.05) is 22.4 Å². The molecule has 0 aliphatic rings. The van der Waals surface area contributed by atoms with Gasteiger partial charge in [-0.2, -0.15) is 0 Å². The summed E-state index contributed by atoms with van der Waals surface area (Å²) < 4.78 is 14.2. The van der Waals surface area contributed by atoms with Crippen molar-refractivity contribution in [3.8, 4) is 0 Å². The van der Waals surface area contributed by atoms with Crippen molar-refractivity contribution in [2.45, 2.75) is 0 Å². The number of aromatic nitrogens is 1. The molecule has 5 heteroatoms. The summed E-state index contributed by atoms with van der Waals surface area (Å²) in [5.74, 6) is 0.171. The Hall–Kier alpha value is -1.62. The zero-order valence-corrected chi connectivity index (χ0v) is 9.83. The number of rotatable bonds is 2. The molecule has 1 aromatic heterocycles. The van der Waals surface area contributed by atoms with E-state index in [9.17, 15) is 4.39 Å². The Morgan fingerprint density at radius 1 is 1.25 bits per heavy atom. The van der Waals surface area contributed by atoms with Gasteiger partial charge in [-0.1, -0.05) is 15.9 Å². The monoisotopic (exact) mass is 281 g/mol. The lowest BCUT2D eigenvalue weighted by Crippen LogP contribution is -1.97. The maximum Gasteiger partial charge on any atom is 0.146 e. The van der Waals surface area contributed by atoms with Gasteiger partial charge >= 0.3 is 0 Å². The summed E-state index contributed by atoms with van der Waals surface area (Å²) in [4.78, 5) is 4.03. The van der Waals surface area contributed by atoms with Crippen molar-refractivity contribution in [1.82, 2.24) is 4.98 Å². The first-order chi connectivity index (χ1) is 7.65. The van der Waals surface area contributed by atoms with Gasteiger partial charge in [-0.15, -0.1) is 0 Å². The van der Waals surface area contributed by atoms with Crippen LogP contribution < -0.4 is 11.1 Å². The fraction of sp³-hybridized carbons (Fsp3) is 0. The lowest BCUT2D eigenvalue weighted by Gasteiger charge is -2.07. The van der Waals surface area contributed by atoms with E-state index in [1.54, 1.807) is 30.5 Å². The van der Waals surface area contributed by atoms with E-state index in [1.807, 2.05) is 0 Å². The van der Waals surface area contributed by atoms with Crippen LogP contribution in [0.15, 0.2) is 41.0 Å². The number of anilines is 3. The molecule has 0 spiro atoms. The standard InChI is InChI=1S/C11H9BrFN3/c12-7-1-2-9(13)10(5-7)16-11-6-8(14)3-4-15-11/h1-6H,(H3,14,15,16). The average Bonchev–Trinajstić information content (AvgIpc) is 2.24. The number of nitrogen functional groups attached to an aromatic ring is 1. The fourth-order valence-corrected chi connectivity index (χ4v) is 1.61. The van der Waals surface area contributed by atoms with Crippen molar-refractivity contribution in [2.75, 3.05) is 11.1 Å². The number of halogens is 2. The molecule has 1 heterocycles. The van der Waals surface area contributed by atoms with Gasteiger partial charge in [0.05, 0.1) is 5.69 Å². The van der Waals surface area contributed by atoms with Crippen LogP contribution in [-0.2, 0) is 0 Å². The Kier molecular flexibility index (Phi) is 3.05. The Morgan fingerprint density at radius 3 is 2.81 bits per heavy atom. The lowest BCUT2D eigenvalue weighted by atomic mass is 10.3. The summed E-state index contributed by atoms with van der Waals surface area (Å²) in [6.45, 7) is 0. The van der Waals surface area contributed by atoms with Gasteiger partial charge < -0.3 is 11.1 Å². The normalized spacial score (nSPS) is 10.1. The molecule has 16 heavy (non-hydrogen) atoms. The van der Waals surface area contributed by atoms with Crippen LogP contribution in [0.2, 0.25) is 0 Å². The van der Waals surface area contributed by atoms with Gasteiger partial charge in [-0.25, -0.2) is 9.37 Å². The Bertz CT molecular complexity index is 516. The molecule has 0 saturated heterocycles. The minimum Gasteiger partial charge on any atom is -0.399 e. The van der Waals surface area contributed by atoms with Crippen molar-refractivity contribution in [1.29, 1.82) is 0 Å². The average molecular weight is 282 g/mol. The number of hydrogen-bond acceptors (Lipinski definition) is 3. The number of benzene rings is 1. The van der Waals surface area contributed by atoms with Crippen LogP contribution in [0.4, 0.5) is 21.6 Å². The number of nitrogens with one attached hydrogen (secondary N) is 1. The van der Waals surface area contributed by atoms with Crippen LogP contribution in [0.3, 0.4) is 0 Å². The molecular weight excluding hydrogens is 273 g/mol. The van der Waals surface area contributed by atoms with Crippen LogP contribution >= 0.6 is 15.9 Å². The van der Waals surface area contributed by atoms with Crippen LogP contribution in [0.25, 0.3) is 0 Å². The zero-order valence-electron chi connectivity index (χ0n) is 8.24. The van der Waals surface area contributed by atoms with Crippen molar-refractivity contribution in [3.63, 3.8) is 0 Å². The third-order valence-electron chi connectivity index (χ3n) is 1.98. The molecule has 0 fully saturated rings. The van der Waals surface area contributed by atoms with Crippen molar-refractivity contribution in [3.05, 3.63) is 46.8 Å². The van der Waals surface area contributed by atoms with Gasteiger partial charge in [-0.3, -0.25) is 0 Å². The van der Waals surface area contributed by atoms with E-state index in [0.29, 0.717) is 17.2 Å². The molecule has 2 aromatic rings. The van der Waals surface area contributed by atoms with Crippen molar-refractivity contribution in [2.24, 2.45) is 0 Å². The molecule has 0 radical (unpaired) electrons. The summed E-state index contributed by atoms with van der Waals surface area (Å²) in [5, 5.41) is 2.86. The number of hydrogen-bond donors (Lipinski definition) is 2. The Labute approximate surface area is 101 Å². The zero-order chi connectivity index (χ0) is 11.5. The third kappa shape index (κ3) is 2.49. The maximum atomic E-state index is 13.4. The van der Waals surface area contributed by atoms with E-state index in [-0.39, 0.29) is 5.82 Å². The molecule has 0 atom stereocenters. The molecule has 82 valence electrons. The van der Waals surface area contributed by atoms with Gasteiger partial charge in [-0.05, 0) is 24.3 Å². The molecule has 3 N–H and O–H groups in total. The molecule has 0 aliphatic carbocycles. The first kappa shape index (κ1) is 10.9. The Balaban J connectivity index is 2.30. The fourth-order valence-electron chi connectivity index (χ4n) is 1.25. The van der Waals surface area contributed by atoms with Gasteiger partial charge in [0.15, 0.2) is 0 Å². The van der Waals surface area contributed by atoms with Crippen LogP contribution in [0.5, 0.6) is 0 Å². The van der Waals surface area contributed by atoms with Crippen LogP contribution in [-0.4, -0.2) is 4.98 Å². The topological polar surface area (TPSA) is 50.9 Å². The second-order valence-corrected chi connectivity index (χ2v) is 4.14. The number of nitrogens with two attached hydrogens (primary N) is 1. The highest BCUT2D eigenvalue weighted by atomic mass is 79.9. The SMILES string of the molecule is Nc1ccnc(Nc2cc(Br)ccc2F)c1. The highest BCUT2D eigenvalue weighted by molar-refractivity contribution is 9.10. The summed E-state index contributed by atoms with van der Waals surface area (Å²) in [6.07, 6.45) is 1.56. The molecule has 1 aromatic carbocycles. The van der Waals surface area contributed by atoms with Crippen LogP contribution in [0, 0.1) is 5.82 Å². The van der Waals surface area contributed by atoms with Gasteiger partial charge in [0.1, 0.15) is 11.6 Å². The third-order valence-corrected chi connectivity index (χ3v) is 2.47. The summed E-state index contributed by atoms with van der Waals surface area (Å²) >= 11 is 3.27. The largest absolute Gasteiger partial charge is 0.399 e. The number of pyridine rings is 1. The smallest absolute Gasteiger partial charge is 0.146 e. The molecule has 0 aliphatic heterocycles. The summed E-state index contributed by atoms with van der Waals surface area (Å²) in [5.41, 5.74) is 6.53. The first-order valence-electron chi connectivity index (χ1n) is 4.59. The molecular formula is C11H9BrFN3. The van der Waals surface area contributed by atoms with E-state index in [0.717, 1.165) is 4.47 Å². The van der Waals surface area contributed by atoms with Crippen molar-refractivity contribution >= 4 is 33.1 Å². The highest BCUT2D eigenvalue weighted by Gasteiger charge is 2.03. The van der Waals surface area contributed by atoms with Crippen LogP contribution in [0.1, 0.15) is 0 Å².